The van der Waals surface area contributed by atoms with Gasteiger partial charge in [0.25, 0.3) is 0 Å². The van der Waals surface area contributed by atoms with E-state index in [1.54, 1.807) is 7.11 Å². The Labute approximate surface area is 172 Å². The van der Waals surface area contributed by atoms with Crippen LogP contribution >= 0.6 is 0 Å². The van der Waals surface area contributed by atoms with Crippen molar-refractivity contribution in [3.63, 3.8) is 0 Å². The second kappa shape index (κ2) is 6.03. The number of carbonyl (C=O) groups excluding carboxylic acids is 3. The van der Waals surface area contributed by atoms with Crippen molar-refractivity contribution >= 4 is 18.0 Å². The Bertz CT molecular complexity index is 816. The maximum atomic E-state index is 12.4. The van der Waals surface area contributed by atoms with Crippen molar-refractivity contribution in [1.82, 2.24) is 0 Å². The first-order valence-corrected chi connectivity index (χ1v) is 11.2. The first kappa shape index (κ1) is 19.5. The number of ketones is 1. The van der Waals surface area contributed by atoms with Crippen LogP contribution in [0.2, 0.25) is 0 Å². The number of aldehydes is 1. The lowest BCUT2D eigenvalue weighted by molar-refractivity contribution is -0.178. The van der Waals surface area contributed by atoms with Crippen molar-refractivity contribution in [1.29, 1.82) is 0 Å². The van der Waals surface area contributed by atoms with Gasteiger partial charge in [-0.15, -0.1) is 0 Å². The summed E-state index contributed by atoms with van der Waals surface area (Å²) in [5.41, 5.74) is 0.0361. The topological polar surface area (TPSA) is 69.7 Å². The second-order valence-corrected chi connectivity index (χ2v) is 10.7. The third kappa shape index (κ3) is 2.23. The summed E-state index contributed by atoms with van der Waals surface area (Å²) >= 11 is 0. The number of Topliss-reactive ketones (excluding diaryl/α,β-unsaturated/α-hetero) is 1. The Balaban J connectivity index is 1.62. The van der Waals surface area contributed by atoms with Gasteiger partial charge in [0.05, 0.1) is 5.60 Å². The molecule has 0 aromatic heterocycles. The fourth-order valence-electron chi connectivity index (χ4n) is 8.19. The van der Waals surface area contributed by atoms with Crippen LogP contribution < -0.4 is 0 Å². The lowest BCUT2D eigenvalue weighted by Crippen LogP contribution is -2.62. The number of hydrogen-bond acceptors (Lipinski definition) is 5. The molecule has 7 atom stereocenters. The summed E-state index contributed by atoms with van der Waals surface area (Å²) in [7, 11) is 1.70. The van der Waals surface area contributed by atoms with Crippen LogP contribution in [0.1, 0.15) is 71.6 Å². The third-order valence-corrected chi connectivity index (χ3v) is 9.92. The number of esters is 1. The average molecular weight is 401 g/mol. The highest BCUT2D eigenvalue weighted by molar-refractivity contribution is 5.81. The number of ether oxygens (including phenoxy) is 2. The van der Waals surface area contributed by atoms with Gasteiger partial charge in [0.2, 0.25) is 0 Å². The van der Waals surface area contributed by atoms with Crippen molar-refractivity contribution in [3.05, 3.63) is 11.6 Å². The van der Waals surface area contributed by atoms with Gasteiger partial charge in [-0.2, -0.15) is 0 Å². The van der Waals surface area contributed by atoms with Gasteiger partial charge < -0.3 is 14.3 Å². The molecule has 1 saturated heterocycles. The number of carbonyl (C=O) groups is 3. The summed E-state index contributed by atoms with van der Waals surface area (Å²) < 4.78 is 12.1. The van der Waals surface area contributed by atoms with Gasteiger partial charge in [-0.3, -0.25) is 9.59 Å². The van der Waals surface area contributed by atoms with E-state index in [0.717, 1.165) is 38.4 Å². The molecule has 158 valence electrons. The van der Waals surface area contributed by atoms with E-state index in [0.29, 0.717) is 31.6 Å². The molecule has 0 N–H and O–H groups in total. The zero-order chi connectivity index (χ0) is 20.7. The third-order valence-electron chi connectivity index (χ3n) is 9.92. The fraction of sp³-hybridized carbons (Fsp3) is 0.792. The van der Waals surface area contributed by atoms with E-state index in [4.69, 9.17) is 9.47 Å². The van der Waals surface area contributed by atoms with Gasteiger partial charge >= 0.3 is 5.97 Å². The van der Waals surface area contributed by atoms with Crippen molar-refractivity contribution in [2.45, 2.75) is 82.8 Å². The number of fused-ring (bicyclic) bond motifs is 6. The second-order valence-electron chi connectivity index (χ2n) is 10.7. The Kier molecular flexibility index (Phi) is 4.05. The van der Waals surface area contributed by atoms with Crippen LogP contribution in [0.3, 0.4) is 0 Å². The molecule has 0 unspecified atom stereocenters. The Morgan fingerprint density at radius 1 is 1.17 bits per heavy atom. The minimum absolute atomic E-state index is 0.0756. The number of methoxy groups -OCH3 is 1. The van der Waals surface area contributed by atoms with Gasteiger partial charge in [0.1, 0.15) is 17.7 Å². The maximum Gasteiger partial charge on any atom is 0.306 e. The average Bonchev–Trinajstić information content (AvgIpc) is 3.22. The Hall–Kier alpha value is -1.49. The predicted molar refractivity (Wildman–Crippen MR) is 106 cm³/mol. The number of allylic oxidation sites excluding steroid dienone is 1. The zero-order valence-corrected chi connectivity index (χ0v) is 17.8. The van der Waals surface area contributed by atoms with E-state index in [1.807, 2.05) is 0 Å². The van der Waals surface area contributed by atoms with E-state index in [2.05, 4.69) is 19.9 Å². The molecular formula is C24H32O5. The van der Waals surface area contributed by atoms with E-state index in [9.17, 15) is 14.4 Å². The van der Waals surface area contributed by atoms with E-state index in [-0.39, 0.29) is 40.0 Å². The molecule has 4 aliphatic carbocycles. The molecule has 1 aliphatic heterocycles. The molecule has 0 bridgehead atoms. The van der Waals surface area contributed by atoms with E-state index in [1.165, 1.54) is 5.57 Å². The summed E-state index contributed by atoms with van der Waals surface area (Å²) in [6.45, 7) is 4.54. The van der Waals surface area contributed by atoms with E-state index < -0.39 is 5.60 Å². The highest BCUT2D eigenvalue weighted by Gasteiger charge is 2.69. The largest absolute Gasteiger partial charge is 0.458 e. The SMILES string of the molecule is CO[C@]12CC(=O)CC[C@]1(C)C1=CC[C@@]3(C)[C@@H](CC[C@@]34CCC(=O)O4)[C@@H]1[C@H](C=O)C2. The van der Waals surface area contributed by atoms with Gasteiger partial charge in [-0.25, -0.2) is 0 Å². The highest BCUT2D eigenvalue weighted by atomic mass is 16.6. The lowest BCUT2D eigenvalue weighted by Gasteiger charge is -2.62. The van der Waals surface area contributed by atoms with Gasteiger partial charge in [-0.1, -0.05) is 25.5 Å². The molecule has 3 saturated carbocycles. The van der Waals surface area contributed by atoms with Crippen LogP contribution in [0.15, 0.2) is 11.6 Å². The van der Waals surface area contributed by atoms with E-state index >= 15 is 0 Å². The van der Waals surface area contributed by atoms with Gasteiger partial charge in [0, 0.05) is 43.1 Å². The summed E-state index contributed by atoms with van der Waals surface area (Å²) in [5.74, 6) is 0.496. The molecule has 4 fully saturated rings. The summed E-state index contributed by atoms with van der Waals surface area (Å²) in [6.07, 6.45) is 9.90. The Morgan fingerprint density at radius 2 is 1.97 bits per heavy atom. The van der Waals surface area contributed by atoms with Crippen LogP contribution in [0, 0.1) is 28.6 Å². The minimum Gasteiger partial charge on any atom is -0.458 e. The van der Waals surface area contributed by atoms with Crippen molar-refractivity contribution in [2.24, 2.45) is 28.6 Å². The molecule has 5 aliphatic rings. The summed E-state index contributed by atoms with van der Waals surface area (Å²) in [5, 5.41) is 0. The Morgan fingerprint density at radius 3 is 2.62 bits per heavy atom. The minimum atomic E-state index is -0.583. The smallest absolute Gasteiger partial charge is 0.306 e. The standard InChI is InChI=1S/C24H32O5/c1-21-9-5-17-20(18(21)6-10-23(21)11-7-19(27)29-23)15(14-25)12-24(28-3)13-16(26)4-8-22(17,24)2/h5,14-15,18,20H,4,6-13H2,1-3H3/t15-,18-,20+,21-,22+,23+,24+/m0/s1. The lowest BCUT2D eigenvalue weighted by atomic mass is 9.44. The fourth-order valence-corrected chi connectivity index (χ4v) is 8.19. The summed E-state index contributed by atoms with van der Waals surface area (Å²) in [6, 6.07) is 0. The number of hydrogen-bond donors (Lipinski definition) is 0. The summed E-state index contributed by atoms with van der Waals surface area (Å²) in [4.78, 5) is 36.7. The monoisotopic (exact) mass is 400 g/mol. The molecule has 0 aromatic carbocycles. The van der Waals surface area contributed by atoms with Crippen molar-refractivity contribution < 1.29 is 23.9 Å². The maximum absolute atomic E-state index is 12.4. The van der Waals surface area contributed by atoms with Crippen LogP contribution in [0.4, 0.5) is 0 Å². The van der Waals surface area contributed by atoms with Crippen LogP contribution in [-0.4, -0.2) is 36.4 Å². The van der Waals surface area contributed by atoms with Crippen molar-refractivity contribution in [2.75, 3.05) is 7.11 Å². The van der Waals surface area contributed by atoms with Gasteiger partial charge in [0.15, 0.2) is 0 Å². The molecule has 1 spiro atoms. The molecule has 29 heavy (non-hydrogen) atoms. The zero-order valence-electron chi connectivity index (χ0n) is 17.8. The highest BCUT2D eigenvalue weighted by Crippen LogP contribution is 2.70. The van der Waals surface area contributed by atoms with Crippen LogP contribution in [-0.2, 0) is 23.9 Å². The van der Waals surface area contributed by atoms with Crippen LogP contribution in [0.5, 0.6) is 0 Å². The molecular weight excluding hydrogens is 368 g/mol. The molecule has 5 nitrogen and oxygen atoms in total. The van der Waals surface area contributed by atoms with Crippen LogP contribution in [0.25, 0.3) is 0 Å². The molecule has 0 amide bonds. The normalized spacial score (nSPS) is 51.1. The van der Waals surface area contributed by atoms with Gasteiger partial charge in [-0.05, 0) is 50.4 Å². The molecule has 5 rings (SSSR count). The quantitative estimate of drug-likeness (QED) is 0.401. The predicted octanol–water partition coefficient (Wildman–Crippen LogP) is 3.79. The molecule has 0 radical (unpaired) electrons. The molecule has 5 heteroatoms. The molecule has 1 heterocycles. The molecule has 0 aromatic rings. The first-order valence-electron chi connectivity index (χ1n) is 11.2. The first-order chi connectivity index (χ1) is 13.7. The number of rotatable bonds is 2. The van der Waals surface area contributed by atoms with Crippen molar-refractivity contribution in [3.8, 4) is 0 Å².